The van der Waals surface area contributed by atoms with E-state index in [0.29, 0.717) is 13.3 Å². The summed E-state index contributed by atoms with van der Waals surface area (Å²) in [6.45, 7) is 2.45. The van der Waals surface area contributed by atoms with Crippen molar-refractivity contribution in [2.45, 2.75) is 25.0 Å². The Morgan fingerprint density at radius 1 is 1.11 bits per heavy atom. The fraction of sp³-hybridized carbons (Fsp3) is 0.333. The number of hydrogen-bond donors (Lipinski definition) is 1. The predicted molar refractivity (Wildman–Crippen MR) is 101 cm³/mol. The molecule has 1 aliphatic heterocycles. The standard InChI is InChI=1S/C21H24N2O4/c1-15(21(25)26-2)22-20(24)19(17-11-7-4-8-12-17)23-14-27-13-18(23)16-9-5-3-6-10-16/h3-12,15,18-19H,13-14H2,1-2H3,(H,22,24)/t15-,18-,19?/m0/s1. The number of ether oxygens (including phenoxy) is 2. The Kier molecular flexibility index (Phi) is 6.21. The molecule has 1 saturated heterocycles. The van der Waals surface area contributed by atoms with Crippen LogP contribution in [-0.2, 0) is 19.1 Å². The number of rotatable bonds is 6. The van der Waals surface area contributed by atoms with Gasteiger partial charge in [0.05, 0.1) is 19.8 Å². The summed E-state index contributed by atoms with van der Waals surface area (Å²) in [7, 11) is 1.30. The molecule has 0 spiro atoms. The molecule has 3 atom stereocenters. The van der Waals surface area contributed by atoms with Gasteiger partial charge in [0.25, 0.3) is 0 Å². The quantitative estimate of drug-likeness (QED) is 0.793. The molecule has 142 valence electrons. The molecule has 3 rings (SSSR count). The van der Waals surface area contributed by atoms with Gasteiger partial charge in [0.15, 0.2) is 0 Å². The van der Waals surface area contributed by atoms with Gasteiger partial charge in [-0.2, -0.15) is 0 Å². The van der Waals surface area contributed by atoms with Gasteiger partial charge in [-0.1, -0.05) is 60.7 Å². The molecule has 0 bridgehead atoms. The van der Waals surface area contributed by atoms with Crippen LogP contribution in [0.3, 0.4) is 0 Å². The van der Waals surface area contributed by atoms with Crippen molar-refractivity contribution < 1.29 is 19.1 Å². The summed E-state index contributed by atoms with van der Waals surface area (Å²) in [4.78, 5) is 26.9. The van der Waals surface area contributed by atoms with Crippen LogP contribution in [0, 0.1) is 0 Å². The normalized spacial score (nSPS) is 19.3. The van der Waals surface area contributed by atoms with Crippen LogP contribution in [0.4, 0.5) is 0 Å². The first kappa shape index (κ1) is 19.1. The van der Waals surface area contributed by atoms with E-state index >= 15 is 0 Å². The van der Waals surface area contributed by atoms with E-state index < -0.39 is 18.1 Å². The van der Waals surface area contributed by atoms with Crippen LogP contribution in [0.2, 0.25) is 0 Å². The van der Waals surface area contributed by atoms with Gasteiger partial charge in [-0.15, -0.1) is 0 Å². The topological polar surface area (TPSA) is 67.9 Å². The zero-order valence-electron chi connectivity index (χ0n) is 15.5. The highest BCUT2D eigenvalue weighted by Gasteiger charge is 2.38. The third-order valence-corrected chi connectivity index (χ3v) is 4.71. The fourth-order valence-corrected chi connectivity index (χ4v) is 3.33. The van der Waals surface area contributed by atoms with Gasteiger partial charge in [-0.25, -0.2) is 4.79 Å². The average molecular weight is 368 g/mol. The second-order valence-corrected chi connectivity index (χ2v) is 6.51. The second-order valence-electron chi connectivity index (χ2n) is 6.51. The van der Waals surface area contributed by atoms with Crippen molar-refractivity contribution in [3.8, 4) is 0 Å². The minimum Gasteiger partial charge on any atom is -0.467 e. The molecule has 6 heteroatoms. The molecule has 1 aliphatic rings. The van der Waals surface area contributed by atoms with E-state index in [2.05, 4.69) is 5.32 Å². The summed E-state index contributed by atoms with van der Waals surface area (Å²) >= 11 is 0. The molecule has 1 unspecified atom stereocenters. The number of esters is 1. The van der Waals surface area contributed by atoms with Crippen LogP contribution in [0.5, 0.6) is 0 Å². The predicted octanol–water partition coefficient (Wildman–Crippen LogP) is 2.44. The molecule has 1 N–H and O–H groups in total. The molecule has 27 heavy (non-hydrogen) atoms. The highest BCUT2D eigenvalue weighted by Crippen LogP contribution is 2.34. The largest absolute Gasteiger partial charge is 0.467 e. The maximum absolute atomic E-state index is 13.1. The average Bonchev–Trinajstić information content (AvgIpc) is 3.18. The van der Waals surface area contributed by atoms with Gasteiger partial charge in [-0.3, -0.25) is 9.69 Å². The lowest BCUT2D eigenvalue weighted by atomic mass is 10.00. The Morgan fingerprint density at radius 2 is 1.74 bits per heavy atom. The van der Waals surface area contributed by atoms with E-state index in [1.807, 2.05) is 65.6 Å². The van der Waals surface area contributed by atoms with E-state index in [4.69, 9.17) is 9.47 Å². The SMILES string of the molecule is COC(=O)[C@H](C)NC(=O)C(c1ccccc1)N1COC[C@H]1c1ccccc1. The van der Waals surface area contributed by atoms with Crippen molar-refractivity contribution in [1.29, 1.82) is 0 Å². The van der Waals surface area contributed by atoms with E-state index in [1.54, 1.807) is 6.92 Å². The summed E-state index contributed by atoms with van der Waals surface area (Å²) in [5, 5.41) is 2.77. The van der Waals surface area contributed by atoms with Crippen molar-refractivity contribution in [2.24, 2.45) is 0 Å². The fourth-order valence-electron chi connectivity index (χ4n) is 3.33. The maximum atomic E-state index is 13.1. The number of hydrogen-bond acceptors (Lipinski definition) is 5. The number of benzene rings is 2. The number of methoxy groups -OCH3 is 1. The molecule has 0 saturated carbocycles. The molecule has 0 radical (unpaired) electrons. The Labute approximate surface area is 159 Å². The first-order chi connectivity index (χ1) is 13.1. The molecule has 2 aromatic carbocycles. The van der Waals surface area contributed by atoms with Gasteiger partial charge in [0, 0.05) is 0 Å². The minimum absolute atomic E-state index is 0.0458. The van der Waals surface area contributed by atoms with E-state index in [0.717, 1.165) is 11.1 Å². The number of carbonyl (C=O) groups excluding carboxylic acids is 2. The first-order valence-electron chi connectivity index (χ1n) is 8.93. The van der Waals surface area contributed by atoms with Gasteiger partial charge < -0.3 is 14.8 Å². The van der Waals surface area contributed by atoms with Gasteiger partial charge in [0.2, 0.25) is 5.91 Å². The molecular weight excluding hydrogens is 344 g/mol. The lowest BCUT2D eigenvalue weighted by Gasteiger charge is -2.31. The Balaban J connectivity index is 1.90. The van der Waals surface area contributed by atoms with Gasteiger partial charge in [-0.05, 0) is 18.1 Å². The smallest absolute Gasteiger partial charge is 0.328 e. The van der Waals surface area contributed by atoms with Gasteiger partial charge >= 0.3 is 5.97 Å². The number of carbonyl (C=O) groups is 2. The molecule has 1 amide bonds. The Hall–Kier alpha value is -2.70. The number of nitrogens with zero attached hydrogens (tertiary/aromatic N) is 1. The molecule has 6 nitrogen and oxygen atoms in total. The zero-order valence-corrected chi connectivity index (χ0v) is 15.5. The van der Waals surface area contributed by atoms with Crippen molar-refractivity contribution in [3.05, 3.63) is 71.8 Å². The molecule has 0 aromatic heterocycles. The van der Waals surface area contributed by atoms with Crippen molar-refractivity contribution in [2.75, 3.05) is 20.4 Å². The van der Waals surface area contributed by atoms with Gasteiger partial charge in [0.1, 0.15) is 18.8 Å². The summed E-state index contributed by atoms with van der Waals surface area (Å²) < 4.78 is 10.4. The zero-order chi connectivity index (χ0) is 19.2. The third kappa shape index (κ3) is 4.35. The lowest BCUT2D eigenvalue weighted by molar-refractivity contribution is -0.145. The summed E-state index contributed by atoms with van der Waals surface area (Å²) in [6, 6.07) is 18.1. The summed E-state index contributed by atoms with van der Waals surface area (Å²) in [5.74, 6) is -0.738. The first-order valence-corrected chi connectivity index (χ1v) is 8.93. The van der Waals surface area contributed by atoms with E-state index in [9.17, 15) is 9.59 Å². The molecule has 1 fully saturated rings. The number of nitrogens with one attached hydrogen (secondary N) is 1. The van der Waals surface area contributed by atoms with Crippen LogP contribution < -0.4 is 5.32 Å². The summed E-state index contributed by atoms with van der Waals surface area (Å²) in [5.41, 5.74) is 1.93. The Morgan fingerprint density at radius 3 is 2.37 bits per heavy atom. The summed E-state index contributed by atoms with van der Waals surface area (Å²) in [6.07, 6.45) is 0. The van der Waals surface area contributed by atoms with Crippen molar-refractivity contribution in [1.82, 2.24) is 10.2 Å². The number of amides is 1. The molecular formula is C21H24N2O4. The molecule has 2 aromatic rings. The van der Waals surface area contributed by atoms with Crippen LogP contribution in [0.15, 0.2) is 60.7 Å². The molecule has 1 heterocycles. The maximum Gasteiger partial charge on any atom is 0.328 e. The van der Waals surface area contributed by atoms with Crippen LogP contribution in [0.25, 0.3) is 0 Å². The molecule has 0 aliphatic carbocycles. The minimum atomic E-state index is -0.729. The monoisotopic (exact) mass is 368 g/mol. The van der Waals surface area contributed by atoms with E-state index in [-0.39, 0.29) is 11.9 Å². The highest BCUT2D eigenvalue weighted by molar-refractivity contribution is 5.88. The highest BCUT2D eigenvalue weighted by atomic mass is 16.5. The third-order valence-electron chi connectivity index (χ3n) is 4.71. The van der Waals surface area contributed by atoms with E-state index in [1.165, 1.54) is 7.11 Å². The van der Waals surface area contributed by atoms with Crippen LogP contribution >= 0.6 is 0 Å². The van der Waals surface area contributed by atoms with Crippen LogP contribution in [-0.4, -0.2) is 43.3 Å². The second kappa shape index (κ2) is 8.79. The van der Waals surface area contributed by atoms with Crippen molar-refractivity contribution in [3.63, 3.8) is 0 Å². The Bertz CT molecular complexity index is 766. The lowest BCUT2D eigenvalue weighted by Crippen LogP contribution is -2.46. The van der Waals surface area contributed by atoms with Crippen molar-refractivity contribution >= 4 is 11.9 Å². The van der Waals surface area contributed by atoms with Crippen LogP contribution in [0.1, 0.15) is 30.1 Å².